The number of likely N-dealkylation sites (tertiary alicyclic amines) is 1. The molecule has 6 heteroatoms. The number of fused-ring (bicyclic) bond motifs is 1. The first kappa shape index (κ1) is 23.8. The van der Waals surface area contributed by atoms with Crippen molar-refractivity contribution < 1.29 is 4.79 Å². The molecule has 184 valence electrons. The lowest BCUT2D eigenvalue weighted by molar-refractivity contribution is -0.127. The normalized spacial score (nSPS) is 18.9. The Labute approximate surface area is 212 Å². The molecule has 1 aromatic carbocycles. The second-order valence-electron chi connectivity index (χ2n) is 9.68. The summed E-state index contributed by atoms with van der Waals surface area (Å²) in [5.74, 6) is 0.0251. The average Bonchev–Trinajstić information content (AvgIpc) is 3.26. The van der Waals surface area contributed by atoms with Crippen molar-refractivity contribution in [3.63, 3.8) is 0 Å². The Morgan fingerprint density at radius 2 is 2.03 bits per heavy atom. The number of aromatic nitrogens is 2. The van der Waals surface area contributed by atoms with Crippen LogP contribution in [0.1, 0.15) is 37.9 Å². The lowest BCUT2D eigenvalue weighted by Crippen LogP contribution is -2.46. The minimum Gasteiger partial charge on any atom is -0.337 e. The van der Waals surface area contributed by atoms with Crippen LogP contribution in [0.5, 0.6) is 0 Å². The number of nitrogens with zero attached hydrogens (tertiary/aromatic N) is 4. The Morgan fingerprint density at radius 1 is 1.19 bits per heavy atom. The molecule has 5 rings (SSSR count). The predicted molar refractivity (Wildman–Crippen MR) is 146 cm³/mol. The third-order valence-electron chi connectivity index (χ3n) is 7.19. The number of carbonyl (C=O) groups is 1. The highest BCUT2D eigenvalue weighted by atomic mass is 16.2. The molecule has 6 nitrogen and oxygen atoms in total. The molecule has 0 bridgehead atoms. The van der Waals surface area contributed by atoms with Crippen molar-refractivity contribution in [2.45, 2.75) is 39.3 Å². The molecular formula is C30H33N5O. The summed E-state index contributed by atoms with van der Waals surface area (Å²) in [6, 6.07) is 14.8. The SMILES string of the molecule is C=C1C=C(C(=O)N2CCCC(N)C2)C=CN1/C(C)=C(\C)c1cc2ccccc2n1Cc1cccnc1. The van der Waals surface area contributed by atoms with Crippen molar-refractivity contribution in [2.24, 2.45) is 5.73 Å². The van der Waals surface area contributed by atoms with E-state index in [1.165, 1.54) is 10.9 Å². The minimum atomic E-state index is 0.0251. The zero-order valence-electron chi connectivity index (χ0n) is 21.0. The molecule has 2 N–H and O–H groups in total. The molecule has 1 amide bonds. The summed E-state index contributed by atoms with van der Waals surface area (Å²) in [6.45, 7) is 10.6. The lowest BCUT2D eigenvalue weighted by Gasteiger charge is -2.32. The Kier molecular flexibility index (Phi) is 6.61. The fraction of sp³-hybridized carbons (Fsp3) is 0.267. The van der Waals surface area contributed by atoms with Crippen LogP contribution in [0.3, 0.4) is 0 Å². The van der Waals surface area contributed by atoms with Gasteiger partial charge in [-0.15, -0.1) is 0 Å². The van der Waals surface area contributed by atoms with Crippen LogP contribution < -0.4 is 5.73 Å². The van der Waals surface area contributed by atoms with Crippen LogP contribution in [0.25, 0.3) is 16.5 Å². The first-order valence-electron chi connectivity index (χ1n) is 12.5. The Balaban J connectivity index is 1.44. The smallest absolute Gasteiger partial charge is 0.254 e. The Morgan fingerprint density at radius 3 is 2.78 bits per heavy atom. The maximum Gasteiger partial charge on any atom is 0.254 e. The van der Waals surface area contributed by atoms with E-state index in [4.69, 9.17) is 5.73 Å². The highest BCUT2D eigenvalue weighted by Gasteiger charge is 2.25. The molecule has 1 saturated heterocycles. The fourth-order valence-corrected chi connectivity index (χ4v) is 5.12. The molecule has 3 aromatic rings. The van der Waals surface area contributed by atoms with Crippen LogP contribution in [0, 0.1) is 0 Å². The van der Waals surface area contributed by atoms with E-state index in [2.05, 4.69) is 71.3 Å². The number of amides is 1. The van der Waals surface area contributed by atoms with Crippen molar-refractivity contribution in [2.75, 3.05) is 13.1 Å². The van der Waals surface area contributed by atoms with Crippen LogP contribution in [0.2, 0.25) is 0 Å². The molecular weight excluding hydrogens is 446 g/mol. The van der Waals surface area contributed by atoms with Crippen LogP contribution in [0.4, 0.5) is 0 Å². The van der Waals surface area contributed by atoms with E-state index < -0.39 is 0 Å². The molecule has 2 aliphatic rings. The maximum absolute atomic E-state index is 13.1. The van der Waals surface area contributed by atoms with E-state index in [0.29, 0.717) is 12.1 Å². The number of pyridine rings is 1. The van der Waals surface area contributed by atoms with Gasteiger partial charge in [-0.2, -0.15) is 0 Å². The molecule has 1 atom stereocenters. The standard InChI is InChI=1S/C30H33N5O/c1-21-16-26(30(36)33-14-7-10-27(31)20-33)12-15-34(21)23(3)22(2)29-17-25-9-4-5-11-28(25)35(29)19-24-8-6-13-32-18-24/h4-6,8-9,11-13,15-18,27H,1,7,10,14,19-20,31H2,2-3H3/b23-22+. The van der Waals surface area contributed by atoms with Crippen molar-refractivity contribution in [1.82, 2.24) is 19.4 Å². The summed E-state index contributed by atoms with van der Waals surface area (Å²) in [5, 5.41) is 1.20. The molecule has 1 fully saturated rings. The summed E-state index contributed by atoms with van der Waals surface area (Å²) in [5.41, 5.74) is 13.2. The maximum atomic E-state index is 13.1. The van der Waals surface area contributed by atoms with Gasteiger partial charge in [0.1, 0.15) is 0 Å². The van der Waals surface area contributed by atoms with E-state index in [-0.39, 0.29) is 11.9 Å². The van der Waals surface area contributed by atoms with E-state index in [9.17, 15) is 4.79 Å². The van der Waals surface area contributed by atoms with Gasteiger partial charge < -0.3 is 20.1 Å². The van der Waals surface area contributed by atoms with E-state index in [1.807, 2.05) is 35.5 Å². The molecule has 0 radical (unpaired) electrons. The number of para-hydroxylation sites is 1. The molecule has 0 saturated carbocycles. The lowest BCUT2D eigenvalue weighted by atomic mass is 10.0. The summed E-state index contributed by atoms with van der Waals surface area (Å²) < 4.78 is 2.34. The fourth-order valence-electron chi connectivity index (χ4n) is 5.12. The van der Waals surface area contributed by atoms with Gasteiger partial charge in [0, 0.05) is 77.8 Å². The number of hydrogen-bond donors (Lipinski definition) is 1. The number of piperidine rings is 1. The molecule has 2 aliphatic heterocycles. The molecule has 0 spiro atoms. The Hall–Kier alpha value is -3.90. The average molecular weight is 480 g/mol. The summed E-state index contributed by atoms with van der Waals surface area (Å²) >= 11 is 0. The van der Waals surface area contributed by atoms with Gasteiger partial charge in [0.2, 0.25) is 0 Å². The van der Waals surface area contributed by atoms with Gasteiger partial charge in [-0.25, -0.2) is 0 Å². The van der Waals surface area contributed by atoms with Crippen LogP contribution in [-0.2, 0) is 11.3 Å². The monoisotopic (exact) mass is 479 g/mol. The number of nitrogens with two attached hydrogens (primary N) is 1. The van der Waals surface area contributed by atoms with Crippen molar-refractivity contribution >= 4 is 22.4 Å². The van der Waals surface area contributed by atoms with Crippen molar-refractivity contribution in [3.8, 4) is 0 Å². The second kappa shape index (κ2) is 9.99. The minimum absolute atomic E-state index is 0.0251. The largest absolute Gasteiger partial charge is 0.337 e. The molecule has 0 aliphatic carbocycles. The predicted octanol–water partition coefficient (Wildman–Crippen LogP) is 5.05. The van der Waals surface area contributed by atoms with Crippen LogP contribution in [0.15, 0.2) is 96.8 Å². The molecule has 36 heavy (non-hydrogen) atoms. The number of rotatable bonds is 5. The zero-order valence-corrected chi connectivity index (χ0v) is 21.0. The van der Waals surface area contributed by atoms with Gasteiger partial charge in [0.15, 0.2) is 0 Å². The summed E-state index contributed by atoms with van der Waals surface area (Å²) in [4.78, 5) is 21.3. The first-order valence-corrected chi connectivity index (χ1v) is 12.5. The van der Waals surface area contributed by atoms with E-state index in [1.54, 1.807) is 6.20 Å². The van der Waals surface area contributed by atoms with Gasteiger partial charge in [-0.1, -0.05) is 30.8 Å². The number of hydrogen-bond acceptors (Lipinski definition) is 4. The number of carbonyl (C=O) groups excluding carboxylic acids is 1. The van der Waals surface area contributed by atoms with Gasteiger partial charge in [0.05, 0.1) is 0 Å². The third-order valence-corrected chi connectivity index (χ3v) is 7.19. The van der Waals surface area contributed by atoms with E-state index in [0.717, 1.165) is 54.2 Å². The van der Waals surface area contributed by atoms with Gasteiger partial charge in [-0.05, 0) is 68.2 Å². The molecule has 1 unspecified atom stereocenters. The van der Waals surface area contributed by atoms with Gasteiger partial charge in [-0.3, -0.25) is 9.78 Å². The quantitative estimate of drug-likeness (QED) is 0.556. The number of benzene rings is 1. The van der Waals surface area contributed by atoms with Crippen LogP contribution >= 0.6 is 0 Å². The summed E-state index contributed by atoms with van der Waals surface area (Å²) in [6.07, 6.45) is 11.4. The topological polar surface area (TPSA) is 67.4 Å². The van der Waals surface area contributed by atoms with Crippen LogP contribution in [-0.4, -0.2) is 44.4 Å². The first-order chi connectivity index (χ1) is 17.4. The highest BCUT2D eigenvalue weighted by molar-refractivity contribution is 5.97. The Bertz CT molecular complexity index is 1400. The second-order valence-corrected chi connectivity index (χ2v) is 9.68. The van der Waals surface area contributed by atoms with E-state index >= 15 is 0 Å². The number of allylic oxidation sites excluding steroid dienone is 3. The molecule has 4 heterocycles. The zero-order chi connectivity index (χ0) is 25.2. The van der Waals surface area contributed by atoms with Crippen molar-refractivity contribution in [1.29, 1.82) is 0 Å². The third kappa shape index (κ3) is 4.64. The van der Waals surface area contributed by atoms with Crippen molar-refractivity contribution in [3.05, 3.63) is 108 Å². The summed E-state index contributed by atoms with van der Waals surface area (Å²) in [7, 11) is 0. The van der Waals surface area contributed by atoms with Gasteiger partial charge >= 0.3 is 0 Å². The van der Waals surface area contributed by atoms with Gasteiger partial charge in [0.25, 0.3) is 5.91 Å². The molecule has 2 aromatic heterocycles. The highest BCUT2D eigenvalue weighted by Crippen LogP contribution is 2.31.